The molecule has 2 aromatic rings. The summed E-state index contributed by atoms with van der Waals surface area (Å²) in [6.07, 6.45) is 2.30. The van der Waals surface area contributed by atoms with Crippen molar-refractivity contribution in [1.82, 2.24) is 15.1 Å². The Morgan fingerprint density at radius 1 is 1.29 bits per heavy atom. The van der Waals surface area contributed by atoms with E-state index in [0.29, 0.717) is 6.42 Å². The van der Waals surface area contributed by atoms with Crippen molar-refractivity contribution in [3.8, 4) is 11.4 Å². The van der Waals surface area contributed by atoms with Gasteiger partial charge in [-0.15, -0.1) is 0 Å². The van der Waals surface area contributed by atoms with E-state index in [2.05, 4.69) is 10.4 Å². The first-order chi connectivity index (χ1) is 11.5. The normalized spacial score (nSPS) is 13.1. The fourth-order valence-electron chi connectivity index (χ4n) is 2.22. The molecule has 0 aliphatic carbocycles. The largest absolute Gasteiger partial charge is 0.497 e. The summed E-state index contributed by atoms with van der Waals surface area (Å²) in [6.45, 7) is 3.67. The number of carboxylic acid groups (broad SMARTS) is 1. The molecule has 0 fully saturated rings. The molecule has 0 spiro atoms. The monoisotopic (exact) mass is 331 g/mol. The predicted molar refractivity (Wildman–Crippen MR) is 88.5 cm³/mol. The zero-order chi connectivity index (χ0) is 17.7. The number of hydrogen-bond acceptors (Lipinski definition) is 4. The summed E-state index contributed by atoms with van der Waals surface area (Å²) in [4.78, 5) is 23.6. The molecule has 2 atom stereocenters. The Hall–Kier alpha value is -2.83. The molecule has 0 aliphatic rings. The molecule has 0 aliphatic heterocycles. The molecule has 24 heavy (non-hydrogen) atoms. The van der Waals surface area contributed by atoms with Crippen molar-refractivity contribution < 1.29 is 19.4 Å². The smallest absolute Gasteiger partial charge is 0.326 e. The lowest BCUT2D eigenvalue weighted by Gasteiger charge is -2.19. The molecule has 1 aromatic carbocycles. The fourth-order valence-corrected chi connectivity index (χ4v) is 2.22. The average Bonchev–Trinajstić information content (AvgIpc) is 3.08. The van der Waals surface area contributed by atoms with Crippen LogP contribution >= 0.6 is 0 Å². The van der Waals surface area contributed by atoms with Crippen LogP contribution in [0, 0.1) is 5.92 Å². The number of carboxylic acids is 1. The van der Waals surface area contributed by atoms with Crippen LogP contribution in [0.5, 0.6) is 5.75 Å². The van der Waals surface area contributed by atoms with Crippen molar-refractivity contribution >= 4 is 11.9 Å². The molecule has 128 valence electrons. The number of aliphatic carboxylic acids is 1. The van der Waals surface area contributed by atoms with E-state index in [4.69, 9.17) is 4.74 Å². The number of carbonyl (C=O) groups is 2. The van der Waals surface area contributed by atoms with Gasteiger partial charge in [-0.2, -0.15) is 5.10 Å². The van der Waals surface area contributed by atoms with Crippen LogP contribution in [-0.2, 0) is 4.79 Å². The second kappa shape index (κ2) is 7.63. The molecule has 2 N–H and O–H groups in total. The summed E-state index contributed by atoms with van der Waals surface area (Å²) in [5.41, 5.74) is 0.937. The molecule has 1 aromatic heterocycles. The summed E-state index contributed by atoms with van der Waals surface area (Å²) < 4.78 is 6.65. The van der Waals surface area contributed by atoms with Gasteiger partial charge in [0.2, 0.25) is 0 Å². The number of ether oxygens (including phenoxy) is 1. The molecule has 0 unspecified atom stereocenters. The van der Waals surface area contributed by atoms with Gasteiger partial charge in [-0.3, -0.25) is 4.79 Å². The molecule has 0 saturated carbocycles. The van der Waals surface area contributed by atoms with Gasteiger partial charge in [0.25, 0.3) is 5.91 Å². The highest BCUT2D eigenvalue weighted by Gasteiger charge is 2.26. The summed E-state index contributed by atoms with van der Waals surface area (Å²) in [5, 5.41) is 16.0. The van der Waals surface area contributed by atoms with Crippen molar-refractivity contribution in [2.24, 2.45) is 5.92 Å². The zero-order valence-electron chi connectivity index (χ0n) is 13.9. The van der Waals surface area contributed by atoms with Gasteiger partial charge in [-0.25, -0.2) is 9.48 Å². The Kier molecular flexibility index (Phi) is 5.57. The first-order valence-corrected chi connectivity index (χ1v) is 7.70. The molecule has 0 radical (unpaired) electrons. The predicted octanol–water partition coefficient (Wildman–Crippen LogP) is 2.11. The van der Waals surface area contributed by atoms with Crippen molar-refractivity contribution in [3.05, 3.63) is 42.2 Å². The number of aromatic nitrogens is 2. The Morgan fingerprint density at radius 2 is 1.96 bits per heavy atom. The highest BCUT2D eigenvalue weighted by molar-refractivity contribution is 5.95. The van der Waals surface area contributed by atoms with Gasteiger partial charge in [-0.05, 0) is 36.2 Å². The highest BCUT2D eigenvalue weighted by Crippen LogP contribution is 2.15. The Morgan fingerprint density at radius 3 is 2.50 bits per heavy atom. The van der Waals surface area contributed by atoms with Gasteiger partial charge in [0, 0.05) is 6.20 Å². The zero-order valence-corrected chi connectivity index (χ0v) is 13.9. The lowest BCUT2D eigenvalue weighted by Crippen LogP contribution is -2.45. The van der Waals surface area contributed by atoms with Gasteiger partial charge in [-0.1, -0.05) is 20.3 Å². The van der Waals surface area contributed by atoms with E-state index in [9.17, 15) is 14.7 Å². The van der Waals surface area contributed by atoms with Crippen LogP contribution in [0.25, 0.3) is 5.69 Å². The van der Waals surface area contributed by atoms with Crippen LogP contribution in [0.4, 0.5) is 0 Å². The first kappa shape index (κ1) is 17.5. The van der Waals surface area contributed by atoms with Crippen LogP contribution in [0.3, 0.4) is 0 Å². The van der Waals surface area contributed by atoms with E-state index in [1.165, 1.54) is 0 Å². The molecule has 7 nitrogen and oxygen atoms in total. The highest BCUT2D eigenvalue weighted by atomic mass is 16.5. The van der Waals surface area contributed by atoms with Crippen LogP contribution in [0.15, 0.2) is 36.5 Å². The molecule has 1 amide bonds. The molecular formula is C17H21N3O4. The van der Waals surface area contributed by atoms with E-state index in [1.807, 2.05) is 19.1 Å². The van der Waals surface area contributed by atoms with E-state index in [-0.39, 0.29) is 11.6 Å². The number of carbonyl (C=O) groups excluding carboxylic acids is 1. The molecule has 1 heterocycles. The van der Waals surface area contributed by atoms with Gasteiger partial charge in [0.1, 0.15) is 11.8 Å². The molecule has 0 saturated heterocycles. The SMILES string of the molecule is CC[C@H](C)[C@H](NC(=O)c1ccn(-c2ccc(OC)cc2)n1)C(=O)O. The van der Waals surface area contributed by atoms with Gasteiger partial charge < -0.3 is 15.2 Å². The minimum atomic E-state index is -1.05. The first-order valence-electron chi connectivity index (χ1n) is 7.70. The van der Waals surface area contributed by atoms with Crippen molar-refractivity contribution in [2.75, 3.05) is 7.11 Å². The minimum Gasteiger partial charge on any atom is -0.497 e. The Balaban J connectivity index is 2.13. The van der Waals surface area contributed by atoms with Gasteiger partial charge in [0.05, 0.1) is 12.8 Å². The Labute approximate surface area is 140 Å². The lowest BCUT2D eigenvalue weighted by atomic mass is 9.99. The number of nitrogens with one attached hydrogen (secondary N) is 1. The number of rotatable bonds is 7. The van der Waals surface area contributed by atoms with E-state index < -0.39 is 17.9 Å². The molecule has 0 bridgehead atoms. The molecule has 2 rings (SSSR count). The molecular weight excluding hydrogens is 310 g/mol. The number of nitrogens with zero attached hydrogens (tertiary/aromatic N) is 2. The third-order valence-corrected chi connectivity index (χ3v) is 3.92. The number of amides is 1. The number of hydrogen-bond donors (Lipinski definition) is 2. The van der Waals surface area contributed by atoms with E-state index in [1.54, 1.807) is 43.1 Å². The summed E-state index contributed by atoms with van der Waals surface area (Å²) in [6, 6.07) is 7.82. The summed E-state index contributed by atoms with van der Waals surface area (Å²) in [5.74, 6) is -1.00. The lowest BCUT2D eigenvalue weighted by molar-refractivity contribution is -0.140. The number of benzene rings is 1. The van der Waals surface area contributed by atoms with Crippen molar-refractivity contribution in [2.45, 2.75) is 26.3 Å². The maximum Gasteiger partial charge on any atom is 0.326 e. The van der Waals surface area contributed by atoms with Crippen molar-refractivity contribution in [3.63, 3.8) is 0 Å². The summed E-state index contributed by atoms with van der Waals surface area (Å²) in [7, 11) is 1.58. The third-order valence-electron chi connectivity index (χ3n) is 3.92. The quantitative estimate of drug-likeness (QED) is 0.810. The van der Waals surface area contributed by atoms with E-state index >= 15 is 0 Å². The maximum atomic E-state index is 12.3. The third kappa shape index (κ3) is 3.92. The van der Waals surface area contributed by atoms with Gasteiger partial charge >= 0.3 is 5.97 Å². The minimum absolute atomic E-state index is 0.167. The van der Waals surface area contributed by atoms with Crippen LogP contribution in [0.2, 0.25) is 0 Å². The summed E-state index contributed by atoms with van der Waals surface area (Å²) >= 11 is 0. The fraction of sp³-hybridized carbons (Fsp3) is 0.353. The topological polar surface area (TPSA) is 93.5 Å². The Bertz CT molecular complexity index is 709. The second-order valence-corrected chi connectivity index (χ2v) is 5.52. The van der Waals surface area contributed by atoms with Crippen LogP contribution in [-0.4, -0.2) is 39.9 Å². The van der Waals surface area contributed by atoms with Gasteiger partial charge in [0.15, 0.2) is 5.69 Å². The van der Waals surface area contributed by atoms with Crippen molar-refractivity contribution in [1.29, 1.82) is 0 Å². The number of methoxy groups -OCH3 is 1. The average molecular weight is 331 g/mol. The van der Waals surface area contributed by atoms with E-state index in [0.717, 1.165) is 11.4 Å². The second-order valence-electron chi connectivity index (χ2n) is 5.52. The molecule has 7 heteroatoms. The van der Waals surface area contributed by atoms with Crippen LogP contribution in [0.1, 0.15) is 30.8 Å². The van der Waals surface area contributed by atoms with Crippen LogP contribution < -0.4 is 10.1 Å². The maximum absolute atomic E-state index is 12.3. The standard InChI is InChI=1S/C17H21N3O4/c1-4-11(2)15(17(22)23)18-16(21)14-9-10-20(19-14)12-5-7-13(24-3)8-6-12/h5-11,15H,4H2,1-3H3,(H,18,21)(H,22,23)/t11-,15-/m0/s1.